The first-order valence-corrected chi connectivity index (χ1v) is 6.51. The van der Waals surface area contributed by atoms with E-state index in [9.17, 15) is 0 Å². The Morgan fingerprint density at radius 2 is 2.15 bits per heavy atom. The molecule has 0 bridgehead atoms. The molecule has 1 N–H and O–H groups in total. The monoisotopic (exact) mass is 271 g/mol. The van der Waals surface area contributed by atoms with E-state index in [1.54, 1.807) is 18.8 Å². The van der Waals surface area contributed by atoms with Gasteiger partial charge < -0.3 is 9.73 Å². The van der Waals surface area contributed by atoms with Crippen molar-refractivity contribution in [1.82, 2.24) is 19.7 Å². The second kappa shape index (κ2) is 4.63. The van der Waals surface area contributed by atoms with Crippen molar-refractivity contribution < 1.29 is 4.42 Å². The molecule has 0 fully saturated rings. The van der Waals surface area contributed by atoms with E-state index in [4.69, 9.17) is 4.42 Å². The SMILES string of the molecule is CC(C)(C)n1ncc2c(NCc3ccco3)ncnc21. The van der Waals surface area contributed by atoms with Gasteiger partial charge in [0.05, 0.1) is 29.9 Å². The molecule has 0 unspecified atom stereocenters. The third-order valence-corrected chi connectivity index (χ3v) is 3.01. The van der Waals surface area contributed by atoms with Crippen molar-refractivity contribution >= 4 is 16.9 Å². The maximum Gasteiger partial charge on any atom is 0.163 e. The molecule has 0 aliphatic carbocycles. The Morgan fingerprint density at radius 1 is 1.30 bits per heavy atom. The minimum absolute atomic E-state index is 0.117. The van der Waals surface area contributed by atoms with E-state index in [2.05, 4.69) is 41.2 Å². The van der Waals surface area contributed by atoms with Crippen LogP contribution in [0.15, 0.2) is 35.3 Å². The van der Waals surface area contributed by atoms with Gasteiger partial charge in [0.1, 0.15) is 17.9 Å². The molecule has 104 valence electrons. The molecular weight excluding hydrogens is 254 g/mol. The summed E-state index contributed by atoms with van der Waals surface area (Å²) >= 11 is 0. The van der Waals surface area contributed by atoms with E-state index in [-0.39, 0.29) is 5.54 Å². The van der Waals surface area contributed by atoms with E-state index in [1.807, 2.05) is 16.8 Å². The van der Waals surface area contributed by atoms with Crippen molar-refractivity contribution in [2.75, 3.05) is 5.32 Å². The molecule has 0 saturated carbocycles. The number of fused-ring (bicyclic) bond motifs is 1. The highest BCUT2D eigenvalue weighted by Crippen LogP contribution is 2.24. The average molecular weight is 271 g/mol. The van der Waals surface area contributed by atoms with Crippen molar-refractivity contribution in [3.05, 3.63) is 36.7 Å². The standard InChI is InChI=1S/C14H17N5O/c1-14(2,3)19-13-11(8-18-19)12(16-9-17-13)15-7-10-5-4-6-20-10/h4-6,8-9H,7H2,1-3H3,(H,15,16,17). The Hall–Kier alpha value is -2.37. The summed E-state index contributed by atoms with van der Waals surface area (Å²) in [6.45, 7) is 6.87. The lowest BCUT2D eigenvalue weighted by Crippen LogP contribution is -2.23. The highest BCUT2D eigenvalue weighted by molar-refractivity contribution is 5.86. The fourth-order valence-electron chi connectivity index (χ4n) is 2.06. The normalized spacial score (nSPS) is 11.9. The molecule has 0 amide bonds. The summed E-state index contributed by atoms with van der Waals surface area (Å²) in [6, 6.07) is 3.79. The predicted molar refractivity (Wildman–Crippen MR) is 76.4 cm³/mol. The Kier molecular flexibility index (Phi) is 2.93. The van der Waals surface area contributed by atoms with Gasteiger partial charge in [-0.2, -0.15) is 5.10 Å². The minimum atomic E-state index is -0.117. The van der Waals surface area contributed by atoms with Crippen LogP contribution in [0.25, 0.3) is 11.0 Å². The molecule has 3 rings (SSSR count). The summed E-state index contributed by atoms with van der Waals surface area (Å²) < 4.78 is 7.20. The van der Waals surface area contributed by atoms with E-state index in [1.165, 1.54) is 0 Å². The third kappa shape index (κ3) is 2.24. The Bertz CT molecular complexity index is 709. The van der Waals surface area contributed by atoms with Crippen LogP contribution < -0.4 is 5.32 Å². The fourth-order valence-corrected chi connectivity index (χ4v) is 2.06. The van der Waals surface area contributed by atoms with Crippen molar-refractivity contribution in [1.29, 1.82) is 0 Å². The molecule has 20 heavy (non-hydrogen) atoms. The summed E-state index contributed by atoms with van der Waals surface area (Å²) in [6.07, 6.45) is 5.01. The number of furan rings is 1. The molecule has 0 aliphatic heterocycles. The zero-order valence-corrected chi connectivity index (χ0v) is 11.8. The lowest BCUT2D eigenvalue weighted by atomic mass is 10.1. The summed E-state index contributed by atoms with van der Waals surface area (Å²) in [5.74, 6) is 1.63. The number of nitrogens with one attached hydrogen (secondary N) is 1. The van der Waals surface area contributed by atoms with Gasteiger partial charge in [-0.3, -0.25) is 0 Å². The number of rotatable bonds is 3. The van der Waals surface area contributed by atoms with Crippen LogP contribution in [0.5, 0.6) is 0 Å². The first-order chi connectivity index (χ1) is 9.55. The molecule has 6 nitrogen and oxygen atoms in total. The van der Waals surface area contributed by atoms with Crippen LogP contribution in [0.2, 0.25) is 0 Å². The van der Waals surface area contributed by atoms with Crippen LogP contribution in [0, 0.1) is 0 Å². The molecule has 0 aromatic carbocycles. The van der Waals surface area contributed by atoms with Crippen LogP contribution in [-0.4, -0.2) is 19.7 Å². The van der Waals surface area contributed by atoms with Crippen molar-refractivity contribution in [3.63, 3.8) is 0 Å². The van der Waals surface area contributed by atoms with Crippen molar-refractivity contribution in [2.45, 2.75) is 32.9 Å². The van der Waals surface area contributed by atoms with Gasteiger partial charge in [-0.05, 0) is 32.9 Å². The van der Waals surface area contributed by atoms with Gasteiger partial charge >= 0.3 is 0 Å². The first-order valence-electron chi connectivity index (χ1n) is 6.51. The van der Waals surface area contributed by atoms with Crippen LogP contribution in [0.1, 0.15) is 26.5 Å². The van der Waals surface area contributed by atoms with E-state index < -0.39 is 0 Å². The molecule has 6 heteroatoms. The minimum Gasteiger partial charge on any atom is -0.467 e. The van der Waals surface area contributed by atoms with Crippen LogP contribution in [-0.2, 0) is 12.1 Å². The number of anilines is 1. The van der Waals surface area contributed by atoms with E-state index >= 15 is 0 Å². The predicted octanol–water partition coefficient (Wildman–Crippen LogP) is 2.79. The zero-order chi connectivity index (χ0) is 14.2. The first kappa shape index (κ1) is 12.7. The van der Waals surface area contributed by atoms with Gasteiger partial charge in [-0.15, -0.1) is 0 Å². The Balaban J connectivity index is 1.94. The lowest BCUT2D eigenvalue weighted by molar-refractivity contribution is 0.366. The number of hydrogen-bond donors (Lipinski definition) is 1. The maximum absolute atomic E-state index is 5.30. The number of nitrogens with zero attached hydrogens (tertiary/aromatic N) is 4. The van der Waals surface area contributed by atoms with Gasteiger partial charge in [0.2, 0.25) is 0 Å². The molecule has 0 radical (unpaired) electrons. The number of hydrogen-bond acceptors (Lipinski definition) is 5. The zero-order valence-electron chi connectivity index (χ0n) is 11.8. The smallest absolute Gasteiger partial charge is 0.163 e. The van der Waals surface area contributed by atoms with Gasteiger partial charge in [-0.1, -0.05) is 0 Å². The molecular formula is C14H17N5O. The summed E-state index contributed by atoms with van der Waals surface area (Å²) in [4.78, 5) is 8.62. The van der Waals surface area contributed by atoms with E-state index in [0.29, 0.717) is 6.54 Å². The fraction of sp³-hybridized carbons (Fsp3) is 0.357. The van der Waals surface area contributed by atoms with Crippen LogP contribution in [0.3, 0.4) is 0 Å². The maximum atomic E-state index is 5.30. The molecule has 0 atom stereocenters. The molecule has 0 saturated heterocycles. The molecule has 3 aromatic heterocycles. The summed E-state index contributed by atoms with van der Waals surface area (Å²) in [5.41, 5.74) is 0.712. The Morgan fingerprint density at radius 3 is 2.85 bits per heavy atom. The largest absolute Gasteiger partial charge is 0.467 e. The summed E-state index contributed by atoms with van der Waals surface area (Å²) in [7, 11) is 0. The molecule has 3 aromatic rings. The highest BCUT2D eigenvalue weighted by Gasteiger charge is 2.19. The second-order valence-electron chi connectivity index (χ2n) is 5.62. The van der Waals surface area contributed by atoms with Crippen molar-refractivity contribution in [3.8, 4) is 0 Å². The third-order valence-electron chi connectivity index (χ3n) is 3.01. The molecule has 3 heterocycles. The van der Waals surface area contributed by atoms with E-state index in [0.717, 1.165) is 22.6 Å². The number of aromatic nitrogens is 4. The topological polar surface area (TPSA) is 68.8 Å². The van der Waals surface area contributed by atoms with Gasteiger partial charge in [0.25, 0.3) is 0 Å². The van der Waals surface area contributed by atoms with Crippen molar-refractivity contribution in [2.24, 2.45) is 0 Å². The summed E-state index contributed by atoms with van der Waals surface area (Å²) in [5, 5.41) is 8.59. The highest BCUT2D eigenvalue weighted by atomic mass is 16.3. The molecule has 0 aliphatic rings. The van der Waals surface area contributed by atoms with Crippen LogP contribution >= 0.6 is 0 Å². The quantitative estimate of drug-likeness (QED) is 0.793. The van der Waals surface area contributed by atoms with Gasteiger partial charge in [0.15, 0.2) is 5.65 Å². The van der Waals surface area contributed by atoms with Crippen LogP contribution in [0.4, 0.5) is 5.82 Å². The average Bonchev–Trinajstić information content (AvgIpc) is 3.04. The van der Waals surface area contributed by atoms with Gasteiger partial charge in [-0.25, -0.2) is 14.6 Å². The second-order valence-corrected chi connectivity index (χ2v) is 5.62. The lowest BCUT2D eigenvalue weighted by Gasteiger charge is -2.19. The Labute approximate surface area is 116 Å². The molecule has 0 spiro atoms. The van der Waals surface area contributed by atoms with Gasteiger partial charge in [0, 0.05) is 0 Å².